The molecule has 0 saturated heterocycles. The molecule has 130 valence electrons. The van der Waals surface area contributed by atoms with Gasteiger partial charge in [0, 0.05) is 24.4 Å². The number of carbonyl (C=O) groups is 2. The van der Waals surface area contributed by atoms with Gasteiger partial charge in [0.15, 0.2) is 0 Å². The van der Waals surface area contributed by atoms with Crippen LogP contribution < -0.4 is 5.32 Å². The Kier molecular flexibility index (Phi) is 6.53. The molecule has 2 rings (SSSR count). The first kappa shape index (κ1) is 18.2. The molecule has 24 heavy (non-hydrogen) atoms. The summed E-state index contributed by atoms with van der Waals surface area (Å²) in [6.07, 6.45) is 0.865. The maximum absolute atomic E-state index is 11.8. The van der Waals surface area contributed by atoms with Crippen molar-refractivity contribution in [2.75, 3.05) is 18.9 Å². The highest BCUT2D eigenvalue weighted by molar-refractivity contribution is 7.99. The number of hydrogen-bond donors (Lipinski definition) is 1. The standard InChI is InChI=1S/C15H21N5O3S/c1-4-23-13(22)6-5-7-16-12(21)9-24-15-18-14-17-10(2)8-11(3)20(14)19-15/h8H,4-7,9H2,1-3H3,(H,16,21). The monoisotopic (exact) mass is 351 g/mol. The third-order valence-electron chi connectivity index (χ3n) is 3.12. The van der Waals surface area contributed by atoms with Crippen molar-refractivity contribution in [3.05, 3.63) is 17.5 Å². The Morgan fingerprint density at radius 1 is 1.33 bits per heavy atom. The highest BCUT2D eigenvalue weighted by Crippen LogP contribution is 2.14. The van der Waals surface area contributed by atoms with Crippen molar-refractivity contribution < 1.29 is 14.3 Å². The Hall–Kier alpha value is -2.16. The second kappa shape index (κ2) is 8.62. The average Bonchev–Trinajstić information content (AvgIpc) is 2.93. The Bertz CT molecular complexity index is 731. The van der Waals surface area contributed by atoms with Crippen LogP contribution >= 0.6 is 11.8 Å². The van der Waals surface area contributed by atoms with Crippen LogP contribution in [0.1, 0.15) is 31.2 Å². The van der Waals surface area contributed by atoms with Crippen LogP contribution in [0.15, 0.2) is 11.2 Å². The van der Waals surface area contributed by atoms with Crippen molar-refractivity contribution in [3.8, 4) is 0 Å². The van der Waals surface area contributed by atoms with E-state index < -0.39 is 0 Å². The van der Waals surface area contributed by atoms with Crippen molar-refractivity contribution in [2.45, 2.75) is 38.8 Å². The van der Waals surface area contributed by atoms with Gasteiger partial charge >= 0.3 is 5.97 Å². The number of carbonyl (C=O) groups excluding carboxylic acids is 2. The molecule has 0 saturated carbocycles. The second-order valence-corrected chi connectivity index (χ2v) is 6.13. The van der Waals surface area contributed by atoms with Crippen molar-refractivity contribution in [1.29, 1.82) is 0 Å². The van der Waals surface area contributed by atoms with Crippen LogP contribution in [0, 0.1) is 13.8 Å². The molecule has 2 aromatic rings. The molecule has 0 aliphatic carbocycles. The molecule has 0 atom stereocenters. The van der Waals surface area contributed by atoms with Crippen LogP contribution in [0.3, 0.4) is 0 Å². The molecule has 0 fully saturated rings. The fourth-order valence-electron chi connectivity index (χ4n) is 2.08. The zero-order valence-corrected chi connectivity index (χ0v) is 14.9. The molecule has 2 heterocycles. The summed E-state index contributed by atoms with van der Waals surface area (Å²) in [5, 5.41) is 7.60. The Labute approximate surface area is 144 Å². The van der Waals surface area contributed by atoms with Gasteiger partial charge in [0.25, 0.3) is 5.78 Å². The number of aromatic nitrogens is 4. The molecule has 2 aromatic heterocycles. The lowest BCUT2D eigenvalue weighted by atomic mass is 10.3. The molecule has 0 bridgehead atoms. The van der Waals surface area contributed by atoms with Crippen molar-refractivity contribution >= 4 is 29.4 Å². The van der Waals surface area contributed by atoms with Gasteiger partial charge in [0.2, 0.25) is 11.1 Å². The summed E-state index contributed by atoms with van der Waals surface area (Å²) < 4.78 is 6.48. The lowest BCUT2D eigenvalue weighted by molar-refractivity contribution is -0.143. The molecular formula is C15H21N5O3S. The summed E-state index contributed by atoms with van der Waals surface area (Å²) in [6.45, 7) is 6.42. The predicted octanol–water partition coefficient (Wildman–Crippen LogP) is 1.29. The summed E-state index contributed by atoms with van der Waals surface area (Å²) in [5.41, 5.74) is 1.82. The highest BCUT2D eigenvalue weighted by atomic mass is 32.2. The summed E-state index contributed by atoms with van der Waals surface area (Å²) >= 11 is 1.25. The Morgan fingerprint density at radius 2 is 2.12 bits per heavy atom. The molecule has 0 aliphatic rings. The maximum Gasteiger partial charge on any atom is 0.305 e. The van der Waals surface area contributed by atoms with Crippen molar-refractivity contribution in [3.63, 3.8) is 0 Å². The topological polar surface area (TPSA) is 98.5 Å². The third kappa shape index (κ3) is 5.19. The highest BCUT2D eigenvalue weighted by Gasteiger charge is 2.10. The van der Waals surface area contributed by atoms with Gasteiger partial charge in [0.05, 0.1) is 12.4 Å². The zero-order valence-electron chi connectivity index (χ0n) is 14.0. The SMILES string of the molecule is CCOC(=O)CCCNC(=O)CSc1nc2nc(C)cc(C)n2n1. The number of thioether (sulfide) groups is 1. The number of nitrogens with zero attached hydrogens (tertiary/aromatic N) is 4. The van der Waals surface area contributed by atoms with E-state index in [4.69, 9.17) is 4.74 Å². The van der Waals surface area contributed by atoms with Gasteiger partial charge < -0.3 is 10.1 Å². The molecule has 1 amide bonds. The Morgan fingerprint density at radius 3 is 2.88 bits per heavy atom. The normalized spacial score (nSPS) is 10.8. The van der Waals surface area contributed by atoms with Crippen LogP contribution in [0.5, 0.6) is 0 Å². The number of fused-ring (bicyclic) bond motifs is 1. The van der Waals surface area contributed by atoms with E-state index in [1.807, 2.05) is 19.9 Å². The molecular weight excluding hydrogens is 330 g/mol. The number of hydrogen-bond acceptors (Lipinski definition) is 7. The Balaban J connectivity index is 1.76. The lowest BCUT2D eigenvalue weighted by Gasteiger charge is -2.04. The minimum absolute atomic E-state index is 0.122. The quantitative estimate of drug-likeness (QED) is 0.435. The van der Waals surface area contributed by atoms with Gasteiger partial charge in [-0.1, -0.05) is 11.8 Å². The van der Waals surface area contributed by atoms with Gasteiger partial charge in [-0.05, 0) is 33.3 Å². The van der Waals surface area contributed by atoms with E-state index >= 15 is 0 Å². The van der Waals surface area contributed by atoms with Crippen molar-refractivity contribution in [1.82, 2.24) is 24.9 Å². The van der Waals surface area contributed by atoms with Gasteiger partial charge in [-0.3, -0.25) is 9.59 Å². The van der Waals surface area contributed by atoms with E-state index in [1.165, 1.54) is 11.8 Å². The molecule has 8 nitrogen and oxygen atoms in total. The number of nitrogens with one attached hydrogen (secondary N) is 1. The third-order valence-corrected chi connectivity index (χ3v) is 3.95. The van der Waals surface area contributed by atoms with E-state index in [2.05, 4.69) is 20.4 Å². The number of esters is 1. The molecule has 0 radical (unpaired) electrons. The predicted molar refractivity (Wildman–Crippen MR) is 89.9 cm³/mol. The van der Waals surface area contributed by atoms with E-state index in [0.29, 0.717) is 36.9 Å². The summed E-state index contributed by atoms with van der Waals surface area (Å²) in [7, 11) is 0. The number of ether oxygens (including phenoxy) is 1. The first-order valence-corrected chi connectivity index (χ1v) is 8.74. The largest absolute Gasteiger partial charge is 0.466 e. The fraction of sp³-hybridized carbons (Fsp3) is 0.533. The zero-order chi connectivity index (χ0) is 17.5. The van der Waals surface area contributed by atoms with Crippen molar-refractivity contribution in [2.24, 2.45) is 0 Å². The first-order chi connectivity index (χ1) is 11.5. The minimum atomic E-state index is -0.242. The lowest BCUT2D eigenvalue weighted by Crippen LogP contribution is -2.26. The average molecular weight is 351 g/mol. The van der Waals surface area contributed by atoms with Gasteiger partial charge in [-0.15, -0.1) is 5.10 Å². The smallest absolute Gasteiger partial charge is 0.305 e. The second-order valence-electron chi connectivity index (χ2n) is 5.19. The fourth-order valence-corrected chi connectivity index (χ4v) is 2.73. The molecule has 0 unspecified atom stereocenters. The molecule has 9 heteroatoms. The maximum atomic E-state index is 11.8. The molecule has 0 aliphatic heterocycles. The van der Waals surface area contributed by atoms with E-state index in [0.717, 1.165) is 11.4 Å². The van der Waals surface area contributed by atoms with Crippen LogP contribution in [-0.4, -0.2) is 50.4 Å². The van der Waals surface area contributed by atoms with Gasteiger partial charge in [-0.25, -0.2) is 9.50 Å². The molecule has 0 spiro atoms. The van der Waals surface area contributed by atoms with Crippen LogP contribution in [0.25, 0.3) is 5.78 Å². The van der Waals surface area contributed by atoms with Crippen LogP contribution in [-0.2, 0) is 14.3 Å². The van der Waals surface area contributed by atoms with E-state index in [1.54, 1.807) is 11.4 Å². The number of aryl methyl sites for hydroxylation is 2. The summed E-state index contributed by atoms with van der Waals surface area (Å²) in [5.74, 6) is 0.385. The number of rotatable bonds is 8. The summed E-state index contributed by atoms with van der Waals surface area (Å²) in [4.78, 5) is 31.6. The van der Waals surface area contributed by atoms with Gasteiger partial charge in [0.1, 0.15) is 0 Å². The number of amides is 1. The van der Waals surface area contributed by atoms with Crippen LogP contribution in [0.2, 0.25) is 0 Å². The van der Waals surface area contributed by atoms with E-state index in [9.17, 15) is 9.59 Å². The summed E-state index contributed by atoms with van der Waals surface area (Å²) in [6, 6.07) is 1.92. The molecule has 1 N–H and O–H groups in total. The van der Waals surface area contributed by atoms with Crippen LogP contribution in [0.4, 0.5) is 0 Å². The van der Waals surface area contributed by atoms with E-state index in [-0.39, 0.29) is 17.6 Å². The first-order valence-electron chi connectivity index (χ1n) is 7.75. The minimum Gasteiger partial charge on any atom is -0.466 e. The van der Waals surface area contributed by atoms with Gasteiger partial charge in [-0.2, -0.15) is 4.98 Å². The molecule has 0 aromatic carbocycles.